The van der Waals surface area contributed by atoms with Gasteiger partial charge in [0, 0.05) is 0 Å². The summed E-state index contributed by atoms with van der Waals surface area (Å²) in [6.45, 7) is 4.72. The highest BCUT2D eigenvalue weighted by Gasteiger charge is 2.12. The molecule has 0 bridgehead atoms. The third kappa shape index (κ3) is 3.99. The molecule has 1 heterocycles. The minimum atomic E-state index is 0.870. The van der Waals surface area contributed by atoms with Crippen LogP contribution in [0.2, 0.25) is 0 Å². The van der Waals surface area contributed by atoms with Gasteiger partial charge in [-0.15, -0.1) is 0 Å². The molecule has 1 saturated heterocycles. The molecule has 1 atom stereocenters. The van der Waals surface area contributed by atoms with Gasteiger partial charge >= 0.3 is 0 Å². The van der Waals surface area contributed by atoms with Crippen LogP contribution in [-0.2, 0) is 0 Å². The van der Waals surface area contributed by atoms with Crippen LogP contribution in [0.4, 0.5) is 0 Å². The van der Waals surface area contributed by atoms with Crippen molar-refractivity contribution in [3.8, 4) is 0 Å². The second-order valence-electron chi connectivity index (χ2n) is 3.14. The summed E-state index contributed by atoms with van der Waals surface area (Å²) in [5.74, 6) is 1.87. The summed E-state index contributed by atoms with van der Waals surface area (Å²) < 4.78 is 0. The Labute approximate surface area is 74.5 Å². The molecule has 0 radical (unpaired) electrons. The molecular weight excluding hydrogens is 156 g/mol. The Balaban J connectivity index is 1.86. The smallest absolute Gasteiger partial charge is 0.000790 e. The fraction of sp³-hybridized carbons (Fsp3) is 1.00. The van der Waals surface area contributed by atoms with Crippen LogP contribution in [0.25, 0.3) is 0 Å². The Morgan fingerprint density at radius 2 is 2.45 bits per heavy atom. The highest BCUT2D eigenvalue weighted by molar-refractivity contribution is 7.80. The molecule has 0 spiro atoms. The van der Waals surface area contributed by atoms with E-state index in [9.17, 15) is 0 Å². The molecule has 0 aromatic carbocycles. The molecule has 66 valence electrons. The van der Waals surface area contributed by atoms with Gasteiger partial charge in [-0.2, -0.15) is 12.6 Å². The van der Waals surface area contributed by atoms with Crippen LogP contribution in [-0.4, -0.2) is 31.9 Å². The van der Waals surface area contributed by atoms with Gasteiger partial charge in [0.25, 0.3) is 0 Å². The third-order valence-corrected chi connectivity index (χ3v) is 2.42. The van der Waals surface area contributed by atoms with Gasteiger partial charge < -0.3 is 10.6 Å². The van der Waals surface area contributed by atoms with Gasteiger partial charge in [-0.25, -0.2) is 0 Å². The lowest BCUT2D eigenvalue weighted by molar-refractivity contribution is 0.513. The molecule has 2 nitrogen and oxygen atoms in total. The molecular formula is C8H18N2S. The van der Waals surface area contributed by atoms with E-state index in [-0.39, 0.29) is 0 Å². The Morgan fingerprint density at radius 1 is 1.55 bits per heavy atom. The lowest BCUT2D eigenvalue weighted by Gasteiger charge is -2.08. The largest absolute Gasteiger partial charge is 0.316 e. The van der Waals surface area contributed by atoms with Crippen LogP contribution in [0.1, 0.15) is 12.8 Å². The topological polar surface area (TPSA) is 24.1 Å². The van der Waals surface area contributed by atoms with Crippen LogP contribution in [0.15, 0.2) is 0 Å². The van der Waals surface area contributed by atoms with Gasteiger partial charge in [0.1, 0.15) is 0 Å². The van der Waals surface area contributed by atoms with Crippen LogP contribution >= 0.6 is 12.6 Å². The Bertz CT molecular complexity index is 92.1. The summed E-state index contributed by atoms with van der Waals surface area (Å²) in [6.07, 6.45) is 2.52. The second kappa shape index (κ2) is 5.86. The molecule has 3 heteroatoms. The molecule has 1 aliphatic rings. The predicted octanol–water partition coefficient (Wildman–Crippen LogP) is 0.505. The fourth-order valence-electron chi connectivity index (χ4n) is 1.40. The van der Waals surface area contributed by atoms with E-state index in [2.05, 4.69) is 23.3 Å². The van der Waals surface area contributed by atoms with E-state index in [1.54, 1.807) is 0 Å². The first kappa shape index (κ1) is 9.36. The summed E-state index contributed by atoms with van der Waals surface area (Å²) in [5.41, 5.74) is 0. The number of hydrogen-bond acceptors (Lipinski definition) is 3. The van der Waals surface area contributed by atoms with Crippen molar-refractivity contribution in [2.45, 2.75) is 12.8 Å². The molecule has 1 unspecified atom stereocenters. The van der Waals surface area contributed by atoms with Crippen molar-refractivity contribution < 1.29 is 0 Å². The molecule has 0 aromatic heterocycles. The number of thiol groups is 1. The van der Waals surface area contributed by atoms with Gasteiger partial charge in [0.2, 0.25) is 0 Å². The average molecular weight is 174 g/mol. The second-order valence-corrected chi connectivity index (χ2v) is 3.59. The Morgan fingerprint density at radius 3 is 3.09 bits per heavy atom. The zero-order chi connectivity index (χ0) is 7.94. The summed E-state index contributed by atoms with van der Waals surface area (Å²) in [7, 11) is 0. The Kier molecular flexibility index (Phi) is 4.99. The third-order valence-electron chi connectivity index (χ3n) is 2.11. The minimum absolute atomic E-state index is 0.870. The zero-order valence-corrected chi connectivity index (χ0v) is 7.87. The first-order valence-corrected chi connectivity index (χ1v) is 5.09. The zero-order valence-electron chi connectivity index (χ0n) is 6.97. The summed E-state index contributed by atoms with van der Waals surface area (Å²) in [4.78, 5) is 0. The molecule has 0 amide bonds. The van der Waals surface area contributed by atoms with E-state index in [1.807, 2.05) is 0 Å². The van der Waals surface area contributed by atoms with E-state index in [0.29, 0.717) is 0 Å². The highest BCUT2D eigenvalue weighted by Crippen LogP contribution is 2.04. The van der Waals surface area contributed by atoms with E-state index < -0.39 is 0 Å². The van der Waals surface area contributed by atoms with Crippen molar-refractivity contribution in [2.24, 2.45) is 5.92 Å². The number of nitrogens with one attached hydrogen (secondary N) is 2. The lowest BCUT2D eigenvalue weighted by atomic mass is 10.1. The van der Waals surface area contributed by atoms with E-state index >= 15 is 0 Å². The summed E-state index contributed by atoms with van der Waals surface area (Å²) in [6, 6.07) is 0. The van der Waals surface area contributed by atoms with Gasteiger partial charge in [0.05, 0.1) is 0 Å². The van der Waals surface area contributed by atoms with Crippen molar-refractivity contribution in [1.82, 2.24) is 10.6 Å². The number of hydrogen-bond donors (Lipinski definition) is 3. The Hall–Kier alpha value is 0.270. The van der Waals surface area contributed by atoms with Crippen molar-refractivity contribution in [3.05, 3.63) is 0 Å². The molecule has 2 N–H and O–H groups in total. The molecule has 0 saturated carbocycles. The maximum Gasteiger partial charge on any atom is -0.000790 e. The SMILES string of the molecule is SCCCNCC1CCNC1. The van der Waals surface area contributed by atoms with E-state index in [1.165, 1.54) is 32.5 Å². The van der Waals surface area contributed by atoms with Crippen LogP contribution < -0.4 is 10.6 Å². The lowest BCUT2D eigenvalue weighted by Crippen LogP contribution is -2.25. The van der Waals surface area contributed by atoms with Crippen molar-refractivity contribution in [3.63, 3.8) is 0 Å². The molecule has 0 aromatic rings. The molecule has 1 rings (SSSR count). The highest BCUT2D eigenvalue weighted by atomic mass is 32.1. The molecule has 1 aliphatic heterocycles. The van der Waals surface area contributed by atoms with E-state index in [4.69, 9.17) is 0 Å². The van der Waals surface area contributed by atoms with Gasteiger partial charge in [-0.1, -0.05) is 0 Å². The fourth-order valence-corrected chi connectivity index (χ4v) is 1.56. The van der Waals surface area contributed by atoms with Gasteiger partial charge in [-0.3, -0.25) is 0 Å². The maximum atomic E-state index is 4.15. The van der Waals surface area contributed by atoms with Crippen LogP contribution in [0.3, 0.4) is 0 Å². The molecule has 0 aliphatic carbocycles. The van der Waals surface area contributed by atoms with Crippen LogP contribution in [0.5, 0.6) is 0 Å². The molecule has 11 heavy (non-hydrogen) atoms. The monoisotopic (exact) mass is 174 g/mol. The van der Waals surface area contributed by atoms with Crippen LogP contribution in [0, 0.1) is 5.92 Å². The molecule has 1 fully saturated rings. The summed E-state index contributed by atoms with van der Waals surface area (Å²) >= 11 is 4.15. The standard InChI is InChI=1S/C8H18N2S/c11-5-1-3-9-6-8-2-4-10-7-8/h8-11H,1-7H2. The normalized spacial score (nSPS) is 24.3. The van der Waals surface area contributed by atoms with Gasteiger partial charge in [-0.05, 0) is 50.7 Å². The average Bonchev–Trinajstić information content (AvgIpc) is 2.50. The van der Waals surface area contributed by atoms with Crippen molar-refractivity contribution >= 4 is 12.6 Å². The summed E-state index contributed by atoms with van der Waals surface area (Å²) in [5, 5.41) is 6.80. The minimum Gasteiger partial charge on any atom is -0.316 e. The van der Waals surface area contributed by atoms with Crippen molar-refractivity contribution in [2.75, 3.05) is 31.9 Å². The number of rotatable bonds is 5. The quantitative estimate of drug-likeness (QED) is 0.418. The van der Waals surface area contributed by atoms with E-state index in [0.717, 1.165) is 18.2 Å². The maximum absolute atomic E-state index is 4.15. The predicted molar refractivity (Wildman–Crippen MR) is 52.3 cm³/mol. The first-order chi connectivity index (χ1) is 5.43. The van der Waals surface area contributed by atoms with Crippen molar-refractivity contribution in [1.29, 1.82) is 0 Å². The van der Waals surface area contributed by atoms with Gasteiger partial charge in [0.15, 0.2) is 0 Å². The first-order valence-electron chi connectivity index (χ1n) is 4.46.